The summed E-state index contributed by atoms with van der Waals surface area (Å²) in [6.07, 6.45) is -0.131. The second-order valence-electron chi connectivity index (χ2n) is 4.02. The van der Waals surface area contributed by atoms with Crippen molar-refractivity contribution in [2.75, 3.05) is 17.6 Å². The lowest BCUT2D eigenvalue weighted by molar-refractivity contribution is -0.383. The number of rotatable bonds is 7. The lowest BCUT2D eigenvalue weighted by Crippen LogP contribution is -2.18. The van der Waals surface area contributed by atoms with Crippen molar-refractivity contribution in [2.45, 2.75) is 12.8 Å². The first-order valence-electron chi connectivity index (χ1n) is 5.76. The summed E-state index contributed by atoms with van der Waals surface area (Å²) in [4.78, 5) is 20.8. The van der Waals surface area contributed by atoms with Crippen LogP contribution in [0.4, 0.5) is 15.8 Å². The summed E-state index contributed by atoms with van der Waals surface area (Å²) in [6.45, 7) is 0. The maximum atomic E-state index is 13.1. The Morgan fingerprint density at radius 1 is 1.48 bits per heavy atom. The average molecular weight is 320 g/mol. The van der Waals surface area contributed by atoms with Crippen LogP contribution < -0.4 is 4.72 Å². The molecule has 0 amide bonds. The standard InChI is InChI=1S/C11H13FN2O6S/c1-20-11(15)3-2-6-21(18,19)13-9-7-8(12)4-5-10(9)14(16)17/h4-5,7,13H,2-3,6H2,1H3. The van der Waals surface area contributed by atoms with Crippen molar-refractivity contribution in [1.29, 1.82) is 0 Å². The molecule has 0 spiro atoms. The van der Waals surface area contributed by atoms with Crippen LogP contribution in [-0.4, -0.2) is 32.2 Å². The molecule has 0 aliphatic heterocycles. The normalized spacial score (nSPS) is 11.0. The van der Waals surface area contributed by atoms with Gasteiger partial charge in [0.15, 0.2) is 0 Å². The molecule has 0 saturated carbocycles. The van der Waals surface area contributed by atoms with Crippen molar-refractivity contribution in [3.8, 4) is 0 Å². The number of nitrogens with zero attached hydrogens (tertiary/aromatic N) is 1. The Hall–Kier alpha value is -2.23. The average Bonchev–Trinajstić information content (AvgIpc) is 2.37. The molecule has 116 valence electrons. The van der Waals surface area contributed by atoms with Gasteiger partial charge in [-0.1, -0.05) is 0 Å². The number of anilines is 1. The highest BCUT2D eigenvalue weighted by Crippen LogP contribution is 2.26. The van der Waals surface area contributed by atoms with Gasteiger partial charge in [0.1, 0.15) is 11.5 Å². The van der Waals surface area contributed by atoms with Gasteiger partial charge in [-0.05, 0) is 12.5 Å². The zero-order valence-electron chi connectivity index (χ0n) is 11.0. The zero-order valence-corrected chi connectivity index (χ0v) is 11.9. The van der Waals surface area contributed by atoms with E-state index in [4.69, 9.17) is 0 Å². The van der Waals surface area contributed by atoms with E-state index in [0.717, 1.165) is 18.2 Å². The van der Waals surface area contributed by atoms with Crippen LogP contribution in [0.15, 0.2) is 18.2 Å². The molecule has 10 heteroatoms. The van der Waals surface area contributed by atoms with E-state index in [2.05, 4.69) is 4.74 Å². The van der Waals surface area contributed by atoms with Gasteiger partial charge in [-0.3, -0.25) is 19.6 Å². The van der Waals surface area contributed by atoms with E-state index < -0.39 is 43.9 Å². The number of halogens is 1. The van der Waals surface area contributed by atoms with Crippen molar-refractivity contribution in [1.82, 2.24) is 0 Å². The molecular weight excluding hydrogens is 307 g/mol. The maximum absolute atomic E-state index is 13.1. The Bertz CT molecular complexity index is 646. The van der Waals surface area contributed by atoms with Gasteiger partial charge in [-0.2, -0.15) is 0 Å². The third-order valence-corrected chi connectivity index (χ3v) is 3.80. The van der Waals surface area contributed by atoms with Crippen LogP contribution in [-0.2, 0) is 19.6 Å². The molecular formula is C11H13FN2O6S. The molecule has 0 aromatic heterocycles. The molecule has 0 fully saturated rings. The number of esters is 1. The topological polar surface area (TPSA) is 116 Å². The van der Waals surface area contributed by atoms with Crippen LogP contribution in [0.1, 0.15) is 12.8 Å². The van der Waals surface area contributed by atoms with E-state index in [-0.39, 0.29) is 12.8 Å². The Labute approximate surface area is 120 Å². The number of nitro benzene ring substituents is 1. The number of carbonyl (C=O) groups is 1. The summed E-state index contributed by atoms with van der Waals surface area (Å²) in [5.41, 5.74) is -1.02. The predicted molar refractivity (Wildman–Crippen MR) is 71.7 cm³/mol. The number of hydrogen-bond donors (Lipinski definition) is 1. The summed E-state index contributed by atoms with van der Waals surface area (Å²) in [6, 6.07) is 2.44. The number of nitrogens with one attached hydrogen (secondary N) is 1. The molecule has 0 aliphatic rings. The third kappa shape index (κ3) is 5.34. The lowest BCUT2D eigenvalue weighted by atomic mass is 10.3. The van der Waals surface area contributed by atoms with Gasteiger partial charge in [0.25, 0.3) is 5.69 Å². The summed E-state index contributed by atoms with van der Waals surface area (Å²) >= 11 is 0. The van der Waals surface area contributed by atoms with Crippen molar-refractivity contribution in [3.05, 3.63) is 34.1 Å². The maximum Gasteiger partial charge on any atom is 0.305 e. The molecule has 1 rings (SSSR count). The summed E-state index contributed by atoms with van der Waals surface area (Å²) < 4.78 is 42.9. The van der Waals surface area contributed by atoms with E-state index >= 15 is 0 Å². The molecule has 0 heterocycles. The number of nitro groups is 1. The van der Waals surface area contributed by atoms with Crippen LogP contribution in [0.3, 0.4) is 0 Å². The minimum absolute atomic E-state index is 0.0227. The second kappa shape index (κ2) is 6.97. The molecule has 0 atom stereocenters. The van der Waals surface area contributed by atoms with Gasteiger partial charge >= 0.3 is 5.97 Å². The molecule has 0 unspecified atom stereocenters. The van der Waals surface area contributed by atoms with Crippen LogP contribution in [0.2, 0.25) is 0 Å². The smallest absolute Gasteiger partial charge is 0.305 e. The zero-order chi connectivity index (χ0) is 16.0. The number of benzene rings is 1. The number of hydrogen-bond acceptors (Lipinski definition) is 6. The van der Waals surface area contributed by atoms with Gasteiger partial charge in [-0.25, -0.2) is 12.8 Å². The molecule has 21 heavy (non-hydrogen) atoms. The summed E-state index contributed by atoms with van der Waals surface area (Å²) in [5, 5.41) is 10.7. The monoisotopic (exact) mass is 320 g/mol. The number of methoxy groups -OCH3 is 1. The predicted octanol–water partition coefficient (Wildman–Crippen LogP) is 1.43. The molecule has 0 aliphatic carbocycles. The lowest BCUT2D eigenvalue weighted by Gasteiger charge is -2.08. The summed E-state index contributed by atoms with van der Waals surface area (Å²) in [7, 11) is -2.77. The molecule has 1 aromatic rings. The minimum Gasteiger partial charge on any atom is -0.469 e. The first-order chi connectivity index (χ1) is 9.75. The highest BCUT2D eigenvalue weighted by atomic mass is 32.2. The van der Waals surface area contributed by atoms with E-state index in [1.54, 1.807) is 0 Å². The molecule has 1 aromatic carbocycles. The van der Waals surface area contributed by atoms with Gasteiger partial charge in [0.05, 0.1) is 17.8 Å². The van der Waals surface area contributed by atoms with E-state index in [9.17, 15) is 27.7 Å². The Morgan fingerprint density at radius 2 is 2.14 bits per heavy atom. The summed E-state index contributed by atoms with van der Waals surface area (Å²) in [5.74, 6) is -1.83. The first-order valence-corrected chi connectivity index (χ1v) is 7.41. The van der Waals surface area contributed by atoms with Crippen molar-refractivity contribution in [2.24, 2.45) is 0 Å². The van der Waals surface area contributed by atoms with E-state index in [1.807, 2.05) is 4.72 Å². The second-order valence-corrected chi connectivity index (χ2v) is 5.86. The minimum atomic E-state index is -3.94. The third-order valence-electron chi connectivity index (χ3n) is 2.44. The quantitative estimate of drug-likeness (QED) is 0.461. The van der Waals surface area contributed by atoms with Crippen molar-refractivity contribution >= 4 is 27.4 Å². The van der Waals surface area contributed by atoms with Gasteiger partial charge in [0.2, 0.25) is 10.0 Å². The molecule has 0 radical (unpaired) electrons. The van der Waals surface area contributed by atoms with Crippen molar-refractivity contribution in [3.63, 3.8) is 0 Å². The van der Waals surface area contributed by atoms with E-state index in [0.29, 0.717) is 0 Å². The molecule has 8 nitrogen and oxygen atoms in total. The first kappa shape index (κ1) is 16.8. The Morgan fingerprint density at radius 3 is 2.71 bits per heavy atom. The number of sulfonamides is 1. The van der Waals surface area contributed by atoms with Gasteiger partial charge in [0, 0.05) is 18.6 Å². The van der Waals surface area contributed by atoms with Gasteiger partial charge < -0.3 is 4.74 Å². The number of carbonyl (C=O) groups excluding carboxylic acids is 1. The fourth-order valence-corrected chi connectivity index (χ4v) is 2.60. The highest BCUT2D eigenvalue weighted by Gasteiger charge is 2.20. The molecule has 0 saturated heterocycles. The molecule has 0 bridgehead atoms. The Kier molecular flexibility index (Phi) is 5.59. The SMILES string of the molecule is COC(=O)CCCS(=O)(=O)Nc1cc(F)ccc1[N+](=O)[O-]. The fourth-order valence-electron chi connectivity index (χ4n) is 1.48. The van der Waals surface area contributed by atoms with Crippen LogP contribution >= 0.6 is 0 Å². The number of ether oxygens (including phenoxy) is 1. The highest BCUT2D eigenvalue weighted by molar-refractivity contribution is 7.92. The van der Waals surface area contributed by atoms with Crippen molar-refractivity contribution < 1.29 is 27.3 Å². The Balaban J connectivity index is 2.82. The fraction of sp³-hybridized carbons (Fsp3) is 0.364. The molecule has 1 N–H and O–H groups in total. The van der Waals surface area contributed by atoms with Crippen LogP contribution in [0.25, 0.3) is 0 Å². The van der Waals surface area contributed by atoms with E-state index in [1.165, 1.54) is 7.11 Å². The van der Waals surface area contributed by atoms with Crippen LogP contribution in [0, 0.1) is 15.9 Å². The largest absolute Gasteiger partial charge is 0.469 e. The van der Waals surface area contributed by atoms with Crippen LogP contribution in [0.5, 0.6) is 0 Å². The van der Waals surface area contributed by atoms with Gasteiger partial charge in [-0.15, -0.1) is 0 Å².